The predicted octanol–water partition coefficient (Wildman–Crippen LogP) is 4.15. The van der Waals surface area contributed by atoms with Crippen LogP contribution in [0.15, 0.2) is 36.4 Å². The summed E-state index contributed by atoms with van der Waals surface area (Å²) in [6, 6.07) is 9.06. The summed E-state index contributed by atoms with van der Waals surface area (Å²) >= 11 is 6.07. The third kappa shape index (κ3) is 4.14. The topological polar surface area (TPSA) is 90.7 Å². The molecule has 8 heteroatoms. The standard InChI is InChI=1S/C19H19ClN2O5/c1-11(2)18(12-3-6-16-17(9-12)27-8-7-26-16)21-19(23)14-5-4-13(22(24)25)10-15(14)20/h3-6,9-11,18H,7-8H2,1-2H3,(H,21,23)/t18-/m1/s1. The van der Waals surface area contributed by atoms with Crippen LogP contribution in [-0.4, -0.2) is 24.0 Å². The first-order chi connectivity index (χ1) is 12.9. The zero-order valence-electron chi connectivity index (χ0n) is 14.9. The quantitative estimate of drug-likeness (QED) is 0.611. The fourth-order valence-electron chi connectivity index (χ4n) is 2.91. The van der Waals surface area contributed by atoms with Crippen molar-refractivity contribution in [2.45, 2.75) is 19.9 Å². The van der Waals surface area contributed by atoms with Gasteiger partial charge < -0.3 is 14.8 Å². The Bertz CT molecular complexity index is 884. The number of carbonyl (C=O) groups excluding carboxylic acids is 1. The van der Waals surface area contributed by atoms with Crippen molar-refractivity contribution in [3.63, 3.8) is 0 Å². The summed E-state index contributed by atoms with van der Waals surface area (Å²) in [5.41, 5.74) is 0.898. The van der Waals surface area contributed by atoms with E-state index in [1.807, 2.05) is 32.0 Å². The molecule has 0 saturated carbocycles. The molecule has 1 N–H and O–H groups in total. The van der Waals surface area contributed by atoms with Crippen molar-refractivity contribution in [3.05, 3.63) is 62.7 Å². The van der Waals surface area contributed by atoms with Crippen molar-refractivity contribution < 1.29 is 19.2 Å². The van der Waals surface area contributed by atoms with Crippen LogP contribution < -0.4 is 14.8 Å². The van der Waals surface area contributed by atoms with Crippen LogP contribution in [0.2, 0.25) is 5.02 Å². The number of nitro groups is 1. The summed E-state index contributed by atoms with van der Waals surface area (Å²) in [4.78, 5) is 23.0. The lowest BCUT2D eigenvalue weighted by atomic mass is 9.95. The van der Waals surface area contributed by atoms with Gasteiger partial charge in [-0.15, -0.1) is 0 Å². The summed E-state index contributed by atoms with van der Waals surface area (Å²) in [7, 11) is 0. The van der Waals surface area contributed by atoms with Crippen LogP contribution in [0.1, 0.15) is 35.8 Å². The molecule has 1 aliphatic rings. The van der Waals surface area contributed by atoms with Gasteiger partial charge in [0.15, 0.2) is 11.5 Å². The maximum atomic E-state index is 12.7. The Labute approximate surface area is 161 Å². The van der Waals surface area contributed by atoms with Gasteiger partial charge in [0.25, 0.3) is 11.6 Å². The first kappa shape index (κ1) is 19.0. The average molecular weight is 391 g/mol. The second-order valence-corrected chi connectivity index (χ2v) is 6.93. The van der Waals surface area contributed by atoms with E-state index in [0.717, 1.165) is 5.56 Å². The zero-order chi connectivity index (χ0) is 19.6. The van der Waals surface area contributed by atoms with Crippen LogP contribution >= 0.6 is 11.6 Å². The highest BCUT2D eigenvalue weighted by Crippen LogP contribution is 2.34. The van der Waals surface area contributed by atoms with Gasteiger partial charge in [-0.1, -0.05) is 31.5 Å². The number of benzene rings is 2. The Hall–Kier alpha value is -2.80. The minimum absolute atomic E-state index is 0.0337. The molecule has 1 amide bonds. The monoisotopic (exact) mass is 390 g/mol. The average Bonchev–Trinajstić information content (AvgIpc) is 2.65. The van der Waals surface area contributed by atoms with Crippen molar-refractivity contribution in [1.29, 1.82) is 0 Å². The molecule has 0 radical (unpaired) electrons. The lowest BCUT2D eigenvalue weighted by Crippen LogP contribution is -2.32. The van der Waals surface area contributed by atoms with Gasteiger partial charge in [-0.3, -0.25) is 14.9 Å². The first-order valence-corrected chi connectivity index (χ1v) is 8.89. The molecule has 1 heterocycles. The van der Waals surface area contributed by atoms with E-state index >= 15 is 0 Å². The Morgan fingerprint density at radius 1 is 1.15 bits per heavy atom. The summed E-state index contributed by atoms with van der Waals surface area (Å²) < 4.78 is 11.1. The van der Waals surface area contributed by atoms with Crippen LogP contribution in [0, 0.1) is 16.0 Å². The van der Waals surface area contributed by atoms with Crippen LogP contribution in [-0.2, 0) is 0 Å². The van der Waals surface area contributed by atoms with E-state index in [1.54, 1.807) is 0 Å². The summed E-state index contributed by atoms with van der Waals surface area (Å²) in [6.45, 7) is 4.96. The van der Waals surface area contributed by atoms with Gasteiger partial charge in [-0.25, -0.2) is 0 Å². The van der Waals surface area contributed by atoms with E-state index in [0.29, 0.717) is 24.7 Å². The number of hydrogen-bond acceptors (Lipinski definition) is 5. The Kier molecular flexibility index (Phi) is 5.51. The van der Waals surface area contributed by atoms with Gasteiger partial charge in [0, 0.05) is 12.1 Å². The van der Waals surface area contributed by atoms with Crippen LogP contribution in [0.3, 0.4) is 0 Å². The highest BCUT2D eigenvalue weighted by atomic mass is 35.5. The molecule has 0 saturated heterocycles. The molecule has 3 rings (SSSR count). The molecule has 142 valence electrons. The molecule has 2 aromatic rings. The molecule has 0 unspecified atom stereocenters. The van der Waals surface area contributed by atoms with Gasteiger partial charge in [-0.05, 0) is 29.7 Å². The minimum atomic E-state index is -0.556. The van der Waals surface area contributed by atoms with Crippen molar-refractivity contribution in [3.8, 4) is 11.5 Å². The van der Waals surface area contributed by atoms with E-state index in [4.69, 9.17) is 21.1 Å². The summed E-state index contributed by atoms with van der Waals surface area (Å²) in [5, 5.41) is 13.8. The van der Waals surface area contributed by atoms with Gasteiger partial charge in [0.05, 0.1) is 21.6 Å². The van der Waals surface area contributed by atoms with Crippen molar-refractivity contribution in [1.82, 2.24) is 5.32 Å². The van der Waals surface area contributed by atoms with Crippen LogP contribution in [0.4, 0.5) is 5.69 Å². The Morgan fingerprint density at radius 3 is 2.48 bits per heavy atom. The fourth-order valence-corrected chi connectivity index (χ4v) is 3.17. The van der Waals surface area contributed by atoms with E-state index in [9.17, 15) is 14.9 Å². The van der Waals surface area contributed by atoms with Crippen LogP contribution in [0.25, 0.3) is 0 Å². The molecule has 0 spiro atoms. The summed E-state index contributed by atoms with van der Waals surface area (Å²) in [5.74, 6) is 1.01. The Morgan fingerprint density at radius 2 is 1.85 bits per heavy atom. The SMILES string of the molecule is CC(C)[C@@H](NC(=O)c1ccc([N+](=O)[O-])cc1Cl)c1ccc2c(c1)OCCO2. The molecule has 0 fully saturated rings. The molecular formula is C19H19ClN2O5. The van der Waals surface area contributed by atoms with E-state index in [-0.39, 0.29) is 28.2 Å². The molecule has 27 heavy (non-hydrogen) atoms. The van der Waals surface area contributed by atoms with Crippen molar-refractivity contribution in [2.24, 2.45) is 5.92 Å². The van der Waals surface area contributed by atoms with E-state index in [1.165, 1.54) is 18.2 Å². The highest BCUT2D eigenvalue weighted by Gasteiger charge is 2.23. The number of nitrogens with zero attached hydrogens (tertiary/aromatic N) is 1. The molecule has 1 atom stereocenters. The van der Waals surface area contributed by atoms with Crippen LogP contribution in [0.5, 0.6) is 11.5 Å². The number of ether oxygens (including phenoxy) is 2. The molecule has 0 bridgehead atoms. The molecule has 1 aliphatic heterocycles. The number of carbonyl (C=O) groups is 1. The first-order valence-electron chi connectivity index (χ1n) is 8.51. The fraction of sp³-hybridized carbons (Fsp3) is 0.316. The lowest BCUT2D eigenvalue weighted by molar-refractivity contribution is -0.384. The molecular weight excluding hydrogens is 372 g/mol. The number of fused-ring (bicyclic) bond motifs is 1. The maximum absolute atomic E-state index is 12.7. The third-order valence-corrected chi connectivity index (χ3v) is 4.60. The number of nitro benzene ring substituents is 1. The van der Waals surface area contributed by atoms with Crippen molar-refractivity contribution in [2.75, 3.05) is 13.2 Å². The third-order valence-electron chi connectivity index (χ3n) is 4.29. The van der Waals surface area contributed by atoms with E-state index in [2.05, 4.69) is 5.32 Å². The lowest BCUT2D eigenvalue weighted by Gasteiger charge is -2.25. The smallest absolute Gasteiger partial charge is 0.270 e. The number of nitrogens with one attached hydrogen (secondary N) is 1. The van der Waals surface area contributed by atoms with Crippen molar-refractivity contribution >= 4 is 23.2 Å². The van der Waals surface area contributed by atoms with Gasteiger partial charge >= 0.3 is 0 Å². The highest BCUT2D eigenvalue weighted by molar-refractivity contribution is 6.34. The molecule has 7 nitrogen and oxygen atoms in total. The second-order valence-electron chi connectivity index (χ2n) is 6.52. The van der Waals surface area contributed by atoms with Gasteiger partial charge in [0.1, 0.15) is 13.2 Å². The number of amides is 1. The molecule has 0 aromatic heterocycles. The molecule has 0 aliphatic carbocycles. The number of rotatable bonds is 5. The maximum Gasteiger partial charge on any atom is 0.270 e. The second kappa shape index (κ2) is 7.84. The Balaban J connectivity index is 1.84. The van der Waals surface area contributed by atoms with E-state index < -0.39 is 10.8 Å². The zero-order valence-corrected chi connectivity index (χ0v) is 15.7. The minimum Gasteiger partial charge on any atom is -0.486 e. The largest absolute Gasteiger partial charge is 0.486 e. The number of hydrogen-bond donors (Lipinski definition) is 1. The number of non-ortho nitro benzene ring substituents is 1. The van der Waals surface area contributed by atoms with Gasteiger partial charge in [-0.2, -0.15) is 0 Å². The van der Waals surface area contributed by atoms with Gasteiger partial charge in [0.2, 0.25) is 0 Å². The number of halogens is 1. The predicted molar refractivity (Wildman–Crippen MR) is 101 cm³/mol. The molecule has 2 aromatic carbocycles. The summed E-state index contributed by atoms with van der Waals surface area (Å²) in [6.07, 6.45) is 0. The normalized spacial score (nSPS) is 13.9.